The molecule has 4 heteroatoms. The van der Waals surface area contributed by atoms with Crippen LogP contribution in [0, 0.1) is 0 Å². The predicted molar refractivity (Wildman–Crippen MR) is 53.5 cm³/mol. The first-order chi connectivity index (χ1) is 7.09. The summed E-state index contributed by atoms with van der Waals surface area (Å²) in [6.07, 6.45) is -0.147. The maximum atomic E-state index is 14.0. The number of amides is 1. The van der Waals surface area contributed by atoms with Crippen LogP contribution in [0.1, 0.15) is 23.7 Å². The number of alkyl halides is 1. The van der Waals surface area contributed by atoms with Crippen molar-refractivity contribution >= 4 is 17.4 Å². The first-order valence-corrected chi connectivity index (χ1v) is 4.74. The molecule has 3 nitrogen and oxygen atoms in total. The zero-order chi connectivity index (χ0) is 11.1. The Morgan fingerprint density at radius 3 is 2.67 bits per heavy atom. The summed E-state index contributed by atoms with van der Waals surface area (Å²) in [6.45, 7) is 1.48. The fourth-order valence-electron chi connectivity index (χ4n) is 1.65. The molecule has 0 radical (unpaired) electrons. The lowest BCUT2D eigenvalue weighted by Crippen LogP contribution is -2.49. The summed E-state index contributed by atoms with van der Waals surface area (Å²) in [6, 6.07) is 6.43. The van der Waals surface area contributed by atoms with E-state index < -0.39 is 17.4 Å². The smallest absolute Gasteiger partial charge is 0.270 e. The number of Topliss-reactive ketones (excluding diaryl/α,β-unsaturated/α-hetero) is 1. The number of para-hydroxylation sites is 1. The van der Waals surface area contributed by atoms with Crippen molar-refractivity contribution in [2.24, 2.45) is 0 Å². The number of fused-ring (bicyclic) bond motifs is 1. The molecule has 0 fully saturated rings. The molecule has 0 aliphatic carbocycles. The number of anilines is 1. The van der Waals surface area contributed by atoms with Crippen LogP contribution in [0.5, 0.6) is 0 Å². The Hall–Kier alpha value is -1.71. The number of rotatable bonds is 1. The third-order valence-corrected chi connectivity index (χ3v) is 2.63. The van der Waals surface area contributed by atoms with Crippen molar-refractivity contribution in [3.8, 4) is 0 Å². The average Bonchev–Trinajstić information content (AvgIpc) is 2.26. The molecule has 0 saturated carbocycles. The van der Waals surface area contributed by atoms with Crippen molar-refractivity contribution in [2.75, 3.05) is 5.32 Å². The van der Waals surface area contributed by atoms with Gasteiger partial charge in [0.25, 0.3) is 11.6 Å². The van der Waals surface area contributed by atoms with E-state index in [0.717, 1.165) is 0 Å². The Balaban J connectivity index is 2.57. The van der Waals surface area contributed by atoms with E-state index in [9.17, 15) is 14.0 Å². The first kappa shape index (κ1) is 9.83. The molecule has 0 aromatic heterocycles. The van der Waals surface area contributed by atoms with Crippen LogP contribution < -0.4 is 5.32 Å². The third-order valence-electron chi connectivity index (χ3n) is 2.63. The Morgan fingerprint density at radius 1 is 1.33 bits per heavy atom. The predicted octanol–water partition coefficient (Wildman–Crippen LogP) is 1.94. The molecule has 1 aliphatic rings. The summed E-state index contributed by atoms with van der Waals surface area (Å²) in [7, 11) is 0. The summed E-state index contributed by atoms with van der Waals surface area (Å²) >= 11 is 0. The molecule has 1 N–H and O–H groups in total. The lowest BCUT2D eigenvalue weighted by molar-refractivity contribution is -0.125. The zero-order valence-corrected chi connectivity index (χ0v) is 8.21. The molecule has 0 bridgehead atoms. The van der Waals surface area contributed by atoms with Gasteiger partial charge in [-0.3, -0.25) is 9.59 Å². The molecule has 0 spiro atoms. The van der Waals surface area contributed by atoms with E-state index in [2.05, 4.69) is 5.32 Å². The van der Waals surface area contributed by atoms with Gasteiger partial charge in [0.1, 0.15) is 0 Å². The highest BCUT2D eigenvalue weighted by Gasteiger charge is 2.48. The van der Waals surface area contributed by atoms with Gasteiger partial charge < -0.3 is 5.32 Å². The van der Waals surface area contributed by atoms with Gasteiger partial charge in [-0.2, -0.15) is 0 Å². The van der Waals surface area contributed by atoms with E-state index in [-0.39, 0.29) is 12.0 Å². The molecular weight excluding hydrogens is 197 g/mol. The Morgan fingerprint density at radius 2 is 2.00 bits per heavy atom. The van der Waals surface area contributed by atoms with Crippen LogP contribution in [-0.4, -0.2) is 17.4 Å². The van der Waals surface area contributed by atoms with Gasteiger partial charge in [-0.05, 0) is 18.6 Å². The molecular formula is C11H10FNO2. The lowest BCUT2D eigenvalue weighted by atomic mass is 9.87. The average molecular weight is 207 g/mol. The largest absolute Gasteiger partial charge is 0.322 e. The molecule has 0 saturated heterocycles. The van der Waals surface area contributed by atoms with E-state index in [4.69, 9.17) is 0 Å². The standard InChI is InChI=1S/C11H10FNO2/c1-2-11(12)9(14)7-5-3-4-6-8(7)13-10(11)15/h3-6H,2H2,1H3,(H,13,15)/t11-/m0/s1. The number of carbonyl (C=O) groups excluding carboxylic acids is 2. The second kappa shape index (κ2) is 3.15. The maximum Gasteiger partial charge on any atom is 0.270 e. The zero-order valence-electron chi connectivity index (χ0n) is 8.21. The lowest BCUT2D eigenvalue weighted by Gasteiger charge is -2.27. The van der Waals surface area contributed by atoms with E-state index in [1.807, 2.05) is 0 Å². The van der Waals surface area contributed by atoms with Gasteiger partial charge in [0.05, 0.1) is 5.69 Å². The molecule has 78 valence electrons. The number of nitrogens with one attached hydrogen (secondary N) is 1. The van der Waals surface area contributed by atoms with Crippen LogP contribution in [0.4, 0.5) is 10.1 Å². The summed E-state index contributed by atoms with van der Waals surface area (Å²) in [5, 5.41) is 2.40. The number of benzene rings is 1. The van der Waals surface area contributed by atoms with E-state index in [1.54, 1.807) is 18.2 Å². The van der Waals surface area contributed by atoms with Gasteiger partial charge in [0, 0.05) is 5.56 Å². The normalized spacial score (nSPS) is 24.7. The van der Waals surface area contributed by atoms with Crippen molar-refractivity contribution in [2.45, 2.75) is 19.0 Å². The van der Waals surface area contributed by atoms with Crippen LogP contribution in [0.3, 0.4) is 0 Å². The number of ketones is 1. The third kappa shape index (κ3) is 1.25. The first-order valence-electron chi connectivity index (χ1n) is 4.74. The van der Waals surface area contributed by atoms with Crippen LogP contribution in [0.25, 0.3) is 0 Å². The Kier molecular flexibility index (Phi) is 2.07. The molecule has 2 rings (SSSR count). The SMILES string of the molecule is CC[C@@]1(F)C(=O)Nc2ccccc2C1=O. The number of hydrogen-bond donors (Lipinski definition) is 1. The van der Waals surface area contributed by atoms with Gasteiger partial charge in [0.15, 0.2) is 0 Å². The van der Waals surface area contributed by atoms with E-state index >= 15 is 0 Å². The van der Waals surface area contributed by atoms with Crippen LogP contribution in [-0.2, 0) is 4.79 Å². The quantitative estimate of drug-likeness (QED) is 0.715. The highest BCUT2D eigenvalue weighted by molar-refractivity contribution is 6.26. The van der Waals surface area contributed by atoms with Gasteiger partial charge in [-0.1, -0.05) is 19.1 Å². The van der Waals surface area contributed by atoms with Crippen LogP contribution in [0.2, 0.25) is 0 Å². The minimum atomic E-state index is -2.41. The number of carbonyl (C=O) groups is 2. The topological polar surface area (TPSA) is 46.2 Å². The highest BCUT2D eigenvalue weighted by atomic mass is 19.1. The molecule has 0 unspecified atom stereocenters. The molecule has 1 aromatic rings. The molecule has 1 aliphatic heterocycles. The summed E-state index contributed by atoms with van der Waals surface area (Å²) in [4.78, 5) is 23.2. The fraction of sp³-hybridized carbons (Fsp3) is 0.273. The van der Waals surface area contributed by atoms with E-state index in [0.29, 0.717) is 5.69 Å². The highest BCUT2D eigenvalue weighted by Crippen LogP contribution is 2.32. The minimum absolute atomic E-state index is 0.147. The van der Waals surface area contributed by atoms with Crippen LogP contribution >= 0.6 is 0 Å². The number of halogens is 1. The van der Waals surface area contributed by atoms with Gasteiger partial charge >= 0.3 is 0 Å². The van der Waals surface area contributed by atoms with Gasteiger partial charge in [0.2, 0.25) is 5.78 Å². The molecule has 15 heavy (non-hydrogen) atoms. The second-order valence-electron chi connectivity index (χ2n) is 3.48. The molecule has 1 heterocycles. The molecule has 1 amide bonds. The van der Waals surface area contributed by atoms with Crippen LogP contribution in [0.15, 0.2) is 24.3 Å². The van der Waals surface area contributed by atoms with Crippen molar-refractivity contribution in [3.05, 3.63) is 29.8 Å². The Labute approximate surface area is 86.3 Å². The van der Waals surface area contributed by atoms with Gasteiger partial charge in [-0.25, -0.2) is 4.39 Å². The van der Waals surface area contributed by atoms with Crippen molar-refractivity contribution < 1.29 is 14.0 Å². The van der Waals surface area contributed by atoms with Crippen molar-refractivity contribution in [1.82, 2.24) is 0 Å². The monoisotopic (exact) mass is 207 g/mol. The summed E-state index contributed by atoms with van der Waals surface area (Å²) in [5.41, 5.74) is -1.79. The molecule has 1 aromatic carbocycles. The van der Waals surface area contributed by atoms with Crippen molar-refractivity contribution in [1.29, 1.82) is 0 Å². The molecule has 1 atom stereocenters. The minimum Gasteiger partial charge on any atom is -0.322 e. The Bertz CT molecular complexity index is 444. The summed E-state index contributed by atoms with van der Waals surface area (Å²) < 4.78 is 14.0. The fourth-order valence-corrected chi connectivity index (χ4v) is 1.65. The van der Waals surface area contributed by atoms with Gasteiger partial charge in [-0.15, -0.1) is 0 Å². The summed E-state index contributed by atoms with van der Waals surface area (Å²) in [5.74, 6) is -1.61. The second-order valence-corrected chi connectivity index (χ2v) is 3.48. The van der Waals surface area contributed by atoms with Crippen molar-refractivity contribution in [3.63, 3.8) is 0 Å². The maximum absolute atomic E-state index is 14.0. The number of hydrogen-bond acceptors (Lipinski definition) is 2. The van der Waals surface area contributed by atoms with E-state index in [1.165, 1.54) is 13.0 Å².